The molecule has 0 bridgehead atoms. The molecule has 0 unspecified atom stereocenters. The topological polar surface area (TPSA) is 70.7 Å². The number of hydrogen-bond acceptors (Lipinski definition) is 4. The first-order valence-corrected chi connectivity index (χ1v) is 10.4. The highest BCUT2D eigenvalue weighted by Gasteiger charge is 2.21. The van der Waals surface area contributed by atoms with Crippen LogP contribution in [0.5, 0.6) is 5.75 Å². The number of hydrogen-bond donors (Lipinski definition) is 2. The first kappa shape index (κ1) is 23.6. The van der Waals surface area contributed by atoms with Crippen LogP contribution in [0.1, 0.15) is 35.2 Å². The van der Waals surface area contributed by atoms with Gasteiger partial charge >= 0.3 is 0 Å². The van der Waals surface area contributed by atoms with Gasteiger partial charge in [0.2, 0.25) is 5.91 Å². The maximum Gasteiger partial charge on any atom is 0.254 e. The molecule has 2 aromatic carbocycles. The van der Waals surface area contributed by atoms with Crippen LogP contribution in [-0.4, -0.2) is 49.5 Å². The van der Waals surface area contributed by atoms with Gasteiger partial charge in [0.1, 0.15) is 11.6 Å². The van der Waals surface area contributed by atoms with Crippen LogP contribution >= 0.6 is 0 Å². The standard InChI is InChI=1S/C23H26F3N3O3/c1-32-21-5-2-15(12-20(21)26)14-29-10-7-17(8-11-29)28-22(30)6-9-27-23(31)18-4-3-16(24)13-19(18)25/h2-5,12-13,17H,6-11,14H2,1H3,(H,27,31)(H,28,30). The number of ether oxygens (including phenoxy) is 1. The molecule has 0 saturated carbocycles. The number of carbonyl (C=O) groups is 2. The summed E-state index contributed by atoms with van der Waals surface area (Å²) in [6, 6.07) is 7.65. The van der Waals surface area contributed by atoms with Gasteiger partial charge in [-0.2, -0.15) is 0 Å². The van der Waals surface area contributed by atoms with Crippen molar-refractivity contribution in [3.8, 4) is 5.75 Å². The largest absolute Gasteiger partial charge is 0.494 e. The second-order valence-electron chi connectivity index (χ2n) is 7.72. The van der Waals surface area contributed by atoms with E-state index in [1.807, 2.05) is 6.07 Å². The minimum absolute atomic E-state index is 0.0246. The van der Waals surface area contributed by atoms with Crippen LogP contribution in [0.4, 0.5) is 13.2 Å². The highest BCUT2D eigenvalue weighted by molar-refractivity contribution is 5.94. The molecule has 6 nitrogen and oxygen atoms in total. The second-order valence-corrected chi connectivity index (χ2v) is 7.72. The minimum atomic E-state index is -0.948. The lowest BCUT2D eigenvalue weighted by Gasteiger charge is -2.32. The summed E-state index contributed by atoms with van der Waals surface area (Å²) >= 11 is 0. The average Bonchev–Trinajstić information content (AvgIpc) is 2.75. The molecule has 2 amide bonds. The molecule has 1 saturated heterocycles. The Morgan fingerprint density at radius 1 is 1.06 bits per heavy atom. The third-order valence-corrected chi connectivity index (χ3v) is 5.39. The Labute approximate surface area is 184 Å². The van der Waals surface area contributed by atoms with Gasteiger partial charge in [0.15, 0.2) is 11.6 Å². The van der Waals surface area contributed by atoms with Crippen molar-refractivity contribution in [1.82, 2.24) is 15.5 Å². The van der Waals surface area contributed by atoms with Crippen molar-refractivity contribution in [3.05, 3.63) is 65.0 Å². The lowest BCUT2D eigenvalue weighted by Crippen LogP contribution is -2.45. The second kappa shape index (κ2) is 11.0. The van der Waals surface area contributed by atoms with Gasteiger partial charge in [-0.3, -0.25) is 14.5 Å². The zero-order chi connectivity index (χ0) is 23.1. The molecule has 32 heavy (non-hydrogen) atoms. The van der Waals surface area contributed by atoms with Crippen molar-refractivity contribution in [3.63, 3.8) is 0 Å². The summed E-state index contributed by atoms with van der Waals surface area (Å²) in [6.07, 6.45) is 1.58. The summed E-state index contributed by atoms with van der Waals surface area (Å²) in [5, 5.41) is 5.41. The van der Waals surface area contributed by atoms with Crippen molar-refractivity contribution in [2.24, 2.45) is 0 Å². The fourth-order valence-electron chi connectivity index (χ4n) is 3.66. The maximum atomic E-state index is 13.8. The number of halogens is 3. The summed E-state index contributed by atoms with van der Waals surface area (Å²) in [5.41, 5.74) is 0.593. The quantitative estimate of drug-likeness (QED) is 0.650. The Hall–Kier alpha value is -3.07. The van der Waals surface area contributed by atoms with Gasteiger partial charge in [-0.05, 0) is 42.7 Å². The number of likely N-dealkylation sites (tertiary alicyclic amines) is 1. The number of benzene rings is 2. The van der Waals surface area contributed by atoms with Crippen molar-refractivity contribution >= 4 is 11.8 Å². The van der Waals surface area contributed by atoms with Crippen molar-refractivity contribution in [2.45, 2.75) is 31.8 Å². The molecule has 2 aromatic rings. The molecule has 0 aliphatic carbocycles. The van der Waals surface area contributed by atoms with E-state index < -0.39 is 17.5 Å². The van der Waals surface area contributed by atoms with Crippen LogP contribution in [-0.2, 0) is 11.3 Å². The van der Waals surface area contributed by atoms with Gasteiger partial charge in [0.25, 0.3) is 5.91 Å². The predicted octanol–water partition coefficient (Wildman–Crippen LogP) is 3.01. The van der Waals surface area contributed by atoms with E-state index in [2.05, 4.69) is 15.5 Å². The molecule has 3 rings (SSSR count). The maximum absolute atomic E-state index is 13.8. The molecule has 0 aromatic heterocycles. The van der Waals surface area contributed by atoms with E-state index in [0.717, 1.165) is 43.6 Å². The fraction of sp³-hybridized carbons (Fsp3) is 0.391. The van der Waals surface area contributed by atoms with Crippen LogP contribution in [0.2, 0.25) is 0 Å². The molecule has 9 heteroatoms. The zero-order valence-corrected chi connectivity index (χ0v) is 17.8. The number of methoxy groups -OCH3 is 1. The van der Waals surface area contributed by atoms with E-state index in [1.165, 1.54) is 13.2 Å². The first-order valence-electron chi connectivity index (χ1n) is 10.4. The summed E-state index contributed by atoms with van der Waals surface area (Å²) < 4.78 is 45.3. The van der Waals surface area contributed by atoms with E-state index in [0.29, 0.717) is 12.6 Å². The highest BCUT2D eigenvalue weighted by Crippen LogP contribution is 2.20. The first-order chi connectivity index (χ1) is 15.4. The number of carbonyl (C=O) groups excluding carboxylic acids is 2. The lowest BCUT2D eigenvalue weighted by molar-refractivity contribution is -0.122. The van der Waals surface area contributed by atoms with Crippen LogP contribution in [0.3, 0.4) is 0 Å². The van der Waals surface area contributed by atoms with Crippen molar-refractivity contribution < 1.29 is 27.5 Å². The van der Waals surface area contributed by atoms with Crippen molar-refractivity contribution in [2.75, 3.05) is 26.7 Å². The molecule has 2 N–H and O–H groups in total. The SMILES string of the molecule is COc1ccc(CN2CCC(NC(=O)CCNC(=O)c3ccc(F)cc3F)CC2)cc1F. The molecular formula is C23H26F3N3O3. The Balaban J connectivity index is 1.36. The van der Waals surface area contributed by atoms with E-state index in [1.54, 1.807) is 6.07 Å². The summed E-state index contributed by atoms with van der Waals surface area (Å²) in [7, 11) is 1.43. The Kier molecular flexibility index (Phi) is 8.10. The summed E-state index contributed by atoms with van der Waals surface area (Å²) in [6.45, 7) is 2.19. The molecule has 1 heterocycles. The summed E-state index contributed by atoms with van der Waals surface area (Å²) in [4.78, 5) is 26.3. The number of piperidine rings is 1. The fourth-order valence-corrected chi connectivity index (χ4v) is 3.66. The van der Waals surface area contributed by atoms with Crippen LogP contribution in [0.25, 0.3) is 0 Å². The van der Waals surface area contributed by atoms with E-state index in [4.69, 9.17) is 4.74 Å². The number of nitrogens with one attached hydrogen (secondary N) is 2. The molecule has 0 radical (unpaired) electrons. The van der Waals surface area contributed by atoms with Crippen molar-refractivity contribution in [1.29, 1.82) is 0 Å². The number of rotatable bonds is 8. The van der Waals surface area contributed by atoms with Gasteiger partial charge in [-0.1, -0.05) is 6.07 Å². The number of nitrogens with zero attached hydrogens (tertiary/aromatic N) is 1. The number of amides is 2. The smallest absolute Gasteiger partial charge is 0.254 e. The minimum Gasteiger partial charge on any atom is -0.494 e. The zero-order valence-electron chi connectivity index (χ0n) is 17.8. The Bertz CT molecular complexity index is 963. The Morgan fingerprint density at radius 3 is 2.47 bits per heavy atom. The third kappa shape index (κ3) is 6.46. The normalized spacial score (nSPS) is 14.8. The van der Waals surface area contributed by atoms with Crippen LogP contribution < -0.4 is 15.4 Å². The van der Waals surface area contributed by atoms with Gasteiger partial charge in [0.05, 0.1) is 12.7 Å². The molecule has 1 fully saturated rings. The van der Waals surface area contributed by atoms with E-state index in [9.17, 15) is 22.8 Å². The predicted molar refractivity (Wildman–Crippen MR) is 113 cm³/mol. The van der Waals surface area contributed by atoms with E-state index >= 15 is 0 Å². The van der Waals surface area contributed by atoms with Gasteiger partial charge in [-0.25, -0.2) is 13.2 Å². The molecule has 1 aliphatic rings. The molecule has 1 aliphatic heterocycles. The van der Waals surface area contributed by atoms with Crippen LogP contribution in [0.15, 0.2) is 36.4 Å². The lowest BCUT2D eigenvalue weighted by atomic mass is 10.0. The third-order valence-electron chi connectivity index (χ3n) is 5.39. The van der Waals surface area contributed by atoms with Crippen LogP contribution in [0, 0.1) is 17.5 Å². The summed E-state index contributed by atoms with van der Waals surface area (Å²) in [5.74, 6) is -2.79. The molecule has 0 atom stereocenters. The van der Waals surface area contributed by atoms with Gasteiger partial charge < -0.3 is 15.4 Å². The van der Waals surface area contributed by atoms with Gasteiger partial charge in [-0.15, -0.1) is 0 Å². The molecular weight excluding hydrogens is 423 g/mol. The Morgan fingerprint density at radius 2 is 1.81 bits per heavy atom. The molecule has 0 spiro atoms. The average molecular weight is 449 g/mol. The molecule has 172 valence electrons. The highest BCUT2D eigenvalue weighted by atomic mass is 19.1. The van der Waals surface area contributed by atoms with E-state index in [-0.39, 0.29) is 42.0 Å². The van der Waals surface area contributed by atoms with Gasteiger partial charge in [0, 0.05) is 44.7 Å². The monoisotopic (exact) mass is 449 g/mol.